The molecule has 0 amide bonds. The van der Waals surface area contributed by atoms with Crippen LogP contribution in [0, 0.1) is 5.82 Å². The monoisotopic (exact) mass is 313 g/mol. The fourth-order valence-corrected chi connectivity index (χ4v) is 2.59. The Morgan fingerprint density at radius 3 is 2.61 bits per heavy atom. The molecule has 0 radical (unpaired) electrons. The molecular weight excluding hydrogens is 297 g/mol. The van der Waals surface area contributed by atoms with Gasteiger partial charge in [0.2, 0.25) is 0 Å². The van der Waals surface area contributed by atoms with E-state index in [1.54, 1.807) is 43.5 Å². The van der Waals surface area contributed by atoms with Gasteiger partial charge in [-0.3, -0.25) is 0 Å². The number of benzene rings is 1. The van der Waals surface area contributed by atoms with Crippen LogP contribution >= 0.6 is 0 Å². The van der Waals surface area contributed by atoms with E-state index in [1.165, 1.54) is 12.1 Å². The first-order valence-electron chi connectivity index (χ1n) is 7.32. The summed E-state index contributed by atoms with van der Waals surface area (Å²) in [5.74, 6) is -0.768. The second-order valence-corrected chi connectivity index (χ2v) is 5.12. The van der Waals surface area contributed by atoms with Gasteiger partial charge in [-0.2, -0.15) is 0 Å². The highest BCUT2D eigenvalue weighted by atomic mass is 19.1. The quantitative estimate of drug-likeness (QED) is 0.751. The summed E-state index contributed by atoms with van der Waals surface area (Å²) < 4.78 is 20.2. The van der Waals surface area contributed by atoms with Crippen LogP contribution in [-0.2, 0) is 11.3 Å². The molecule has 0 spiro atoms. The van der Waals surface area contributed by atoms with Gasteiger partial charge in [-0.25, -0.2) is 9.18 Å². The number of halogens is 1. The van der Waals surface area contributed by atoms with Crippen LogP contribution in [0.1, 0.15) is 22.8 Å². The van der Waals surface area contributed by atoms with Gasteiger partial charge in [0, 0.05) is 11.7 Å². The minimum Gasteiger partial charge on any atom is -0.462 e. The largest absolute Gasteiger partial charge is 0.462 e. The molecule has 0 bridgehead atoms. The SMILES string of the molecule is CCOC(=O)c1cc2cc(CO)ccn2c1-c1ccc(F)cc1. The minimum absolute atomic E-state index is 0.0811. The van der Waals surface area contributed by atoms with E-state index >= 15 is 0 Å². The van der Waals surface area contributed by atoms with Crippen molar-refractivity contribution in [3.8, 4) is 11.3 Å². The van der Waals surface area contributed by atoms with Crippen LogP contribution in [-0.4, -0.2) is 22.1 Å². The zero-order valence-corrected chi connectivity index (χ0v) is 12.6. The number of aromatic nitrogens is 1. The lowest BCUT2D eigenvalue weighted by Gasteiger charge is -2.07. The number of ether oxygens (including phenoxy) is 1. The van der Waals surface area contributed by atoms with Gasteiger partial charge >= 0.3 is 5.97 Å². The van der Waals surface area contributed by atoms with Crippen molar-refractivity contribution in [1.82, 2.24) is 4.40 Å². The molecule has 0 saturated heterocycles. The first-order valence-corrected chi connectivity index (χ1v) is 7.32. The molecule has 0 atom stereocenters. The molecule has 3 aromatic rings. The van der Waals surface area contributed by atoms with E-state index in [0.29, 0.717) is 16.8 Å². The van der Waals surface area contributed by atoms with Gasteiger partial charge in [0.25, 0.3) is 0 Å². The van der Waals surface area contributed by atoms with Gasteiger partial charge in [0.1, 0.15) is 5.82 Å². The summed E-state index contributed by atoms with van der Waals surface area (Å²) in [6.07, 6.45) is 1.78. The number of rotatable bonds is 4. The van der Waals surface area contributed by atoms with Gasteiger partial charge < -0.3 is 14.2 Å². The molecule has 2 aromatic heterocycles. The summed E-state index contributed by atoms with van der Waals surface area (Å²) in [5, 5.41) is 9.27. The van der Waals surface area contributed by atoms with Crippen LogP contribution in [0.5, 0.6) is 0 Å². The zero-order chi connectivity index (χ0) is 16.4. The average molecular weight is 313 g/mol. The Labute approximate surface area is 132 Å². The van der Waals surface area contributed by atoms with Crippen molar-refractivity contribution in [3.63, 3.8) is 0 Å². The van der Waals surface area contributed by atoms with Crippen molar-refractivity contribution in [2.24, 2.45) is 0 Å². The Kier molecular flexibility index (Phi) is 4.12. The van der Waals surface area contributed by atoms with E-state index in [2.05, 4.69) is 0 Å². The highest BCUT2D eigenvalue weighted by Gasteiger charge is 2.19. The molecule has 23 heavy (non-hydrogen) atoms. The molecule has 2 heterocycles. The number of fused-ring (bicyclic) bond motifs is 1. The van der Waals surface area contributed by atoms with E-state index < -0.39 is 5.97 Å². The lowest BCUT2D eigenvalue weighted by molar-refractivity contribution is 0.0527. The second-order valence-electron chi connectivity index (χ2n) is 5.12. The number of carbonyl (C=O) groups excluding carboxylic acids is 1. The summed E-state index contributed by atoms with van der Waals surface area (Å²) in [4.78, 5) is 12.3. The van der Waals surface area contributed by atoms with Gasteiger partial charge in [-0.15, -0.1) is 0 Å². The topological polar surface area (TPSA) is 50.9 Å². The summed E-state index contributed by atoms with van der Waals surface area (Å²) in [6, 6.07) is 11.2. The van der Waals surface area contributed by atoms with Crippen molar-refractivity contribution in [3.05, 3.63) is 65.6 Å². The predicted octanol–water partition coefficient (Wildman–Crippen LogP) is 3.41. The van der Waals surface area contributed by atoms with Gasteiger partial charge in [-0.05, 0) is 60.5 Å². The molecule has 0 fully saturated rings. The maximum atomic E-state index is 13.2. The smallest absolute Gasteiger partial charge is 0.340 e. The molecule has 1 aromatic carbocycles. The molecular formula is C18H16FNO3. The number of esters is 1. The summed E-state index contributed by atoms with van der Waals surface area (Å²) in [5.41, 5.74) is 3.28. The maximum absolute atomic E-state index is 13.2. The first kappa shape index (κ1) is 15.2. The molecule has 4 nitrogen and oxygen atoms in total. The molecule has 3 rings (SSSR count). The standard InChI is InChI=1S/C18H16FNO3/c1-2-23-18(22)16-10-15-9-12(11-21)7-8-20(15)17(16)13-3-5-14(19)6-4-13/h3-10,21H,2,11H2,1H3. The fraction of sp³-hybridized carbons (Fsp3) is 0.167. The number of pyridine rings is 1. The molecule has 0 saturated carbocycles. The number of hydrogen-bond acceptors (Lipinski definition) is 3. The molecule has 0 unspecified atom stereocenters. The van der Waals surface area contributed by atoms with Crippen molar-refractivity contribution in [2.75, 3.05) is 6.61 Å². The van der Waals surface area contributed by atoms with Crippen molar-refractivity contribution in [1.29, 1.82) is 0 Å². The number of nitrogens with zero attached hydrogens (tertiary/aromatic N) is 1. The van der Waals surface area contributed by atoms with Crippen molar-refractivity contribution < 1.29 is 19.0 Å². The lowest BCUT2D eigenvalue weighted by Crippen LogP contribution is -2.05. The van der Waals surface area contributed by atoms with Crippen LogP contribution in [0.4, 0.5) is 4.39 Å². The molecule has 0 aliphatic carbocycles. The van der Waals surface area contributed by atoms with Crippen LogP contribution in [0.25, 0.3) is 16.8 Å². The third-order valence-electron chi connectivity index (χ3n) is 3.63. The van der Waals surface area contributed by atoms with Crippen LogP contribution < -0.4 is 0 Å². The number of hydrogen-bond donors (Lipinski definition) is 1. The van der Waals surface area contributed by atoms with Crippen LogP contribution in [0.2, 0.25) is 0 Å². The zero-order valence-electron chi connectivity index (χ0n) is 12.6. The summed E-state index contributed by atoms with van der Waals surface area (Å²) in [6.45, 7) is 1.94. The van der Waals surface area contributed by atoms with Gasteiger partial charge in [0.15, 0.2) is 0 Å². The van der Waals surface area contributed by atoms with Crippen molar-refractivity contribution >= 4 is 11.5 Å². The second kappa shape index (κ2) is 6.22. The van der Waals surface area contributed by atoms with E-state index in [-0.39, 0.29) is 19.0 Å². The lowest BCUT2D eigenvalue weighted by atomic mass is 10.1. The number of aliphatic hydroxyl groups excluding tert-OH is 1. The third kappa shape index (κ3) is 2.83. The van der Waals surface area contributed by atoms with Crippen molar-refractivity contribution in [2.45, 2.75) is 13.5 Å². The number of aliphatic hydroxyl groups is 1. The maximum Gasteiger partial charge on any atom is 0.340 e. The Morgan fingerprint density at radius 1 is 1.22 bits per heavy atom. The molecule has 0 aliphatic rings. The molecule has 0 aliphatic heterocycles. The molecule has 1 N–H and O–H groups in total. The average Bonchev–Trinajstić information content (AvgIpc) is 2.94. The third-order valence-corrected chi connectivity index (χ3v) is 3.63. The van der Waals surface area contributed by atoms with E-state index in [1.807, 2.05) is 4.40 Å². The van der Waals surface area contributed by atoms with Gasteiger partial charge in [0.05, 0.1) is 24.5 Å². The normalized spacial score (nSPS) is 10.9. The summed E-state index contributed by atoms with van der Waals surface area (Å²) in [7, 11) is 0. The molecule has 5 heteroatoms. The van der Waals surface area contributed by atoms with E-state index in [0.717, 1.165) is 11.1 Å². The Balaban J connectivity index is 2.24. The van der Waals surface area contributed by atoms with Crippen LogP contribution in [0.3, 0.4) is 0 Å². The fourth-order valence-electron chi connectivity index (χ4n) is 2.59. The minimum atomic E-state index is -0.430. The van der Waals surface area contributed by atoms with Gasteiger partial charge in [-0.1, -0.05) is 0 Å². The molecule has 118 valence electrons. The van der Waals surface area contributed by atoms with E-state index in [9.17, 15) is 14.3 Å². The first-order chi connectivity index (χ1) is 11.1. The Morgan fingerprint density at radius 2 is 1.96 bits per heavy atom. The predicted molar refractivity (Wildman–Crippen MR) is 84.7 cm³/mol. The highest BCUT2D eigenvalue weighted by molar-refractivity contribution is 5.99. The number of carbonyl (C=O) groups is 1. The van der Waals surface area contributed by atoms with Crippen LogP contribution in [0.15, 0.2) is 48.7 Å². The highest BCUT2D eigenvalue weighted by Crippen LogP contribution is 2.29. The summed E-state index contributed by atoms with van der Waals surface area (Å²) >= 11 is 0. The van der Waals surface area contributed by atoms with E-state index in [4.69, 9.17) is 4.74 Å². The Hall–Kier alpha value is -2.66. The Bertz CT molecular complexity index is 853.